The Morgan fingerprint density at radius 2 is 0.779 bits per heavy atom. The molecular formula is C60H109NO7. The lowest BCUT2D eigenvalue weighted by Gasteiger charge is -2.34. The summed E-state index contributed by atoms with van der Waals surface area (Å²) >= 11 is 0. The molecule has 0 heterocycles. The zero-order valence-electron chi connectivity index (χ0n) is 45.3. The number of esters is 2. The highest BCUT2D eigenvalue weighted by Crippen LogP contribution is 2.16. The highest BCUT2D eigenvalue weighted by Gasteiger charge is 2.25. The van der Waals surface area contributed by atoms with Gasteiger partial charge in [0, 0.05) is 19.3 Å². The fourth-order valence-corrected chi connectivity index (χ4v) is 8.49. The Kier molecular flexibility index (Phi) is 48.7. The van der Waals surface area contributed by atoms with Gasteiger partial charge in [0.2, 0.25) is 0 Å². The van der Waals surface area contributed by atoms with Gasteiger partial charge in [-0.05, 0) is 77.0 Å². The number of carbonyl (C=O) groups is 3. The van der Waals surface area contributed by atoms with Crippen LogP contribution in [0.25, 0.3) is 0 Å². The summed E-state index contributed by atoms with van der Waals surface area (Å²) in [7, 11) is 5.42. The van der Waals surface area contributed by atoms with E-state index in [9.17, 15) is 19.5 Å². The van der Waals surface area contributed by atoms with Gasteiger partial charge in [-0.15, -0.1) is 0 Å². The molecule has 0 saturated heterocycles. The van der Waals surface area contributed by atoms with Gasteiger partial charge < -0.3 is 28.6 Å². The number of nitrogens with zero attached hydrogens (tertiary/aromatic N) is 1. The second-order valence-electron chi connectivity index (χ2n) is 20.5. The molecule has 0 fully saturated rings. The molecular weight excluding hydrogens is 847 g/mol. The minimum atomic E-state index is -1.12. The van der Waals surface area contributed by atoms with E-state index < -0.39 is 18.1 Å². The van der Waals surface area contributed by atoms with E-state index in [1.165, 1.54) is 173 Å². The van der Waals surface area contributed by atoms with Gasteiger partial charge in [-0.1, -0.05) is 217 Å². The van der Waals surface area contributed by atoms with Crippen LogP contribution in [-0.4, -0.2) is 75.5 Å². The van der Waals surface area contributed by atoms with Crippen molar-refractivity contribution in [3.05, 3.63) is 48.6 Å². The van der Waals surface area contributed by atoms with E-state index in [4.69, 9.17) is 14.2 Å². The van der Waals surface area contributed by atoms with Crippen LogP contribution >= 0.6 is 0 Å². The monoisotopic (exact) mass is 956 g/mol. The molecule has 2 unspecified atom stereocenters. The number of likely N-dealkylation sites (N-methyl/N-ethyl adjacent to an activating group) is 1. The fourth-order valence-electron chi connectivity index (χ4n) is 8.49. The van der Waals surface area contributed by atoms with Crippen LogP contribution in [0.15, 0.2) is 48.6 Å². The third-order valence-electron chi connectivity index (χ3n) is 12.9. The predicted molar refractivity (Wildman–Crippen MR) is 286 cm³/mol. The van der Waals surface area contributed by atoms with Gasteiger partial charge in [0.15, 0.2) is 6.10 Å². The Morgan fingerprint density at radius 3 is 1.19 bits per heavy atom. The van der Waals surface area contributed by atoms with Crippen molar-refractivity contribution in [3.8, 4) is 0 Å². The molecule has 0 radical (unpaired) electrons. The van der Waals surface area contributed by atoms with Gasteiger partial charge in [-0.3, -0.25) is 9.59 Å². The van der Waals surface area contributed by atoms with E-state index in [1.807, 2.05) is 21.1 Å². The van der Waals surface area contributed by atoms with Crippen molar-refractivity contribution in [2.45, 2.75) is 276 Å². The Balaban J connectivity index is 4.19. The molecule has 2 atom stereocenters. The van der Waals surface area contributed by atoms with Crippen LogP contribution in [0.2, 0.25) is 0 Å². The molecule has 0 aromatic heterocycles. The van der Waals surface area contributed by atoms with Crippen LogP contribution in [0.4, 0.5) is 0 Å². The minimum absolute atomic E-state index is 0.0378. The molecule has 68 heavy (non-hydrogen) atoms. The van der Waals surface area contributed by atoms with Gasteiger partial charge in [0.05, 0.1) is 40.3 Å². The predicted octanol–water partition coefficient (Wildman–Crippen LogP) is 15.8. The highest BCUT2D eigenvalue weighted by molar-refractivity contribution is 5.70. The zero-order valence-corrected chi connectivity index (χ0v) is 45.3. The maximum atomic E-state index is 12.8. The molecule has 0 aliphatic heterocycles. The quantitative estimate of drug-likeness (QED) is 0.0259. The molecule has 396 valence electrons. The van der Waals surface area contributed by atoms with Crippen LogP contribution in [0.5, 0.6) is 0 Å². The van der Waals surface area contributed by atoms with E-state index in [-0.39, 0.29) is 42.7 Å². The van der Waals surface area contributed by atoms with Crippen molar-refractivity contribution in [1.29, 1.82) is 0 Å². The number of rotatable bonds is 52. The molecule has 0 aromatic carbocycles. The standard InChI is InChI=1S/C60H109NO7/c1-6-8-10-12-14-16-18-20-22-24-26-28-30-32-34-36-38-40-42-44-46-48-50-58(62)67-55-56(54-66-53-52-57(60(64)65)61(3,4)5)68-59(63)51-49-47-45-43-41-39-37-35-33-31-29-27-25-23-21-19-17-15-13-11-9-7-2/h15,17,21,23,27,29-30,32,56-57H,6-14,16,18-20,22,24-26,28,31,33-55H2,1-5H3/b17-15+,23-21+,29-27+,32-30+. The number of hydrogen-bond acceptors (Lipinski definition) is 7. The molecule has 0 amide bonds. The van der Waals surface area contributed by atoms with Crippen LogP contribution in [0, 0.1) is 0 Å². The van der Waals surface area contributed by atoms with Crippen molar-refractivity contribution >= 4 is 17.9 Å². The third kappa shape index (κ3) is 48.3. The van der Waals surface area contributed by atoms with Crippen molar-refractivity contribution in [2.24, 2.45) is 0 Å². The fraction of sp³-hybridized carbons (Fsp3) is 0.817. The summed E-state index contributed by atoms with van der Waals surface area (Å²) in [6.07, 6.45) is 62.9. The zero-order chi connectivity index (χ0) is 49.9. The van der Waals surface area contributed by atoms with E-state index >= 15 is 0 Å². The number of carbonyl (C=O) groups excluding carboxylic acids is 3. The third-order valence-corrected chi connectivity index (χ3v) is 12.9. The second kappa shape index (κ2) is 50.7. The number of unbranched alkanes of at least 4 members (excludes halogenated alkanes) is 30. The number of carboxylic acids is 1. The molecule has 0 rings (SSSR count). The van der Waals surface area contributed by atoms with E-state index in [2.05, 4.69) is 62.5 Å². The first-order chi connectivity index (χ1) is 33.1. The summed E-state index contributed by atoms with van der Waals surface area (Å²) in [5.41, 5.74) is 0. The first kappa shape index (κ1) is 65.3. The summed E-state index contributed by atoms with van der Waals surface area (Å²) in [6.45, 7) is 4.66. The summed E-state index contributed by atoms with van der Waals surface area (Å²) < 4.78 is 17.3. The molecule has 0 saturated carbocycles. The number of allylic oxidation sites excluding steroid dienone is 8. The number of hydrogen-bond donors (Lipinski definition) is 0. The molecule has 0 N–H and O–H groups in total. The van der Waals surface area contributed by atoms with Gasteiger partial charge >= 0.3 is 11.9 Å². The number of ether oxygens (including phenoxy) is 3. The maximum absolute atomic E-state index is 12.8. The molecule has 8 heteroatoms. The van der Waals surface area contributed by atoms with E-state index in [0.29, 0.717) is 12.8 Å². The average molecular weight is 957 g/mol. The molecule has 8 nitrogen and oxygen atoms in total. The molecule has 0 bridgehead atoms. The summed E-state index contributed by atoms with van der Waals surface area (Å²) in [5.74, 6) is -1.74. The molecule has 0 aliphatic rings. The van der Waals surface area contributed by atoms with Crippen molar-refractivity contribution in [2.75, 3.05) is 41.0 Å². The average Bonchev–Trinajstić information content (AvgIpc) is 3.30. The molecule has 0 aliphatic carbocycles. The highest BCUT2D eigenvalue weighted by atomic mass is 16.6. The minimum Gasteiger partial charge on any atom is -0.544 e. The lowest BCUT2D eigenvalue weighted by atomic mass is 10.0. The Bertz CT molecular complexity index is 1250. The second-order valence-corrected chi connectivity index (χ2v) is 20.5. The van der Waals surface area contributed by atoms with Gasteiger partial charge in [-0.2, -0.15) is 0 Å². The van der Waals surface area contributed by atoms with Crippen molar-refractivity contribution in [1.82, 2.24) is 0 Å². The first-order valence-corrected chi connectivity index (χ1v) is 28.7. The molecule has 0 aromatic rings. The SMILES string of the molecule is CCCCC/C=C/C/C=C/C/C=C/CCCCCCCCCCCC(=O)OC(COCCC(C(=O)[O-])[N+](C)(C)C)COC(=O)CCCCCCCCC/C=C/CCCCCCCCCCCCC. The number of carboxylic acid groups (broad SMARTS) is 1. The Hall–Kier alpha value is -2.71. The van der Waals surface area contributed by atoms with Gasteiger partial charge in [-0.25, -0.2) is 0 Å². The van der Waals surface area contributed by atoms with Gasteiger partial charge in [0.25, 0.3) is 0 Å². The van der Waals surface area contributed by atoms with Gasteiger partial charge in [0.1, 0.15) is 12.6 Å². The first-order valence-electron chi connectivity index (χ1n) is 28.7. The number of quaternary nitrogens is 1. The summed E-state index contributed by atoms with van der Waals surface area (Å²) in [4.78, 5) is 37.2. The largest absolute Gasteiger partial charge is 0.544 e. The molecule has 0 spiro atoms. The topological polar surface area (TPSA) is 102 Å². The lowest BCUT2D eigenvalue weighted by Crippen LogP contribution is -2.55. The summed E-state index contributed by atoms with van der Waals surface area (Å²) in [6, 6.07) is -0.729. The number of aliphatic carboxylic acids is 1. The Morgan fingerprint density at radius 1 is 0.441 bits per heavy atom. The van der Waals surface area contributed by atoms with Crippen molar-refractivity contribution < 1.29 is 38.2 Å². The van der Waals surface area contributed by atoms with Crippen LogP contribution < -0.4 is 5.11 Å². The normalized spacial score (nSPS) is 13.1. The van der Waals surface area contributed by atoms with Crippen LogP contribution in [0.3, 0.4) is 0 Å². The Labute approximate surface area is 420 Å². The smallest absolute Gasteiger partial charge is 0.306 e. The van der Waals surface area contributed by atoms with E-state index in [1.54, 1.807) is 0 Å². The van der Waals surface area contributed by atoms with E-state index in [0.717, 1.165) is 57.8 Å². The lowest BCUT2D eigenvalue weighted by molar-refractivity contribution is -0.889. The van der Waals surface area contributed by atoms with Crippen LogP contribution in [0.1, 0.15) is 264 Å². The van der Waals surface area contributed by atoms with Crippen LogP contribution in [-0.2, 0) is 28.6 Å². The summed E-state index contributed by atoms with van der Waals surface area (Å²) in [5, 5.41) is 11.7. The maximum Gasteiger partial charge on any atom is 0.306 e. The van der Waals surface area contributed by atoms with Crippen molar-refractivity contribution in [3.63, 3.8) is 0 Å².